The van der Waals surface area contributed by atoms with Crippen LogP contribution in [0.15, 0.2) is 42.5 Å². The van der Waals surface area contributed by atoms with E-state index in [4.69, 9.17) is 11.6 Å². The van der Waals surface area contributed by atoms with Crippen LogP contribution < -0.4 is 5.32 Å². The Morgan fingerprint density at radius 3 is 2.45 bits per heavy atom. The number of hydrogen-bond donors (Lipinski definition) is 1. The first-order valence-electron chi connectivity index (χ1n) is 6.46. The second-order valence-electron chi connectivity index (χ2n) is 4.86. The minimum Gasteiger partial charge on any atom is -0.345 e. The van der Waals surface area contributed by atoms with E-state index in [2.05, 4.69) is 27.9 Å². The first-order chi connectivity index (χ1) is 10.4. The van der Waals surface area contributed by atoms with Crippen LogP contribution in [-0.2, 0) is 0 Å². The van der Waals surface area contributed by atoms with Gasteiger partial charge in [-0.05, 0) is 59.0 Å². The number of nitrogens with one attached hydrogen (secondary N) is 1. The van der Waals surface area contributed by atoms with Gasteiger partial charge < -0.3 is 10.2 Å². The Labute approximate surface area is 147 Å². The Hall–Kier alpha value is -1.60. The van der Waals surface area contributed by atoms with Crippen molar-refractivity contribution in [1.82, 2.24) is 4.90 Å². The lowest BCUT2D eigenvalue weighted by molar-refractivity contribution is 0.0827. The smallest absolute Gasteiger partial charge is 0.255 e. The summed E-state index contributed by atoms with van der Waals surface area (Å²) in [6, 6.07) is 11.9. The van der Waals surface area contributed by atoms with E-state index >= 15 is 0 Å². The van der Waals surface area contributed by atoms with Crippen LogP contribution in [0.1, 0.15) is 20.7 Å². The van der Waals surface area contributed by atoms with Gasteiger partial charge in [0.25, 0.3) is 11.8 Å². The Kier molecular flexibility index (Phi) is 5.42. The maximum Gasteiger partial charge on any atom is 0.255 e. The van der Waals surface area contributed by atoms with E-state index in [1.54, 1.807) is 56.6 Å². The van der Waals surface area contributed by atoms with Gasteiger partial charge in [-0.15, -0.1) is 0 Å². The first kappa shape index (κ1) is 16.8. The fourth-order valence-electron chi connectivity index (χ4n) is 1.83. The monoisotopic (exact) mass is 428 g/mol. The fraction of sp³-hybridized carbons (Fsp3) is 0.125. The highest BCUT2D eigenvalue weighted by molar-refractivity contribution is 14.1. The number of hydrogen-bond acceptors (Lipinski definition) is 2. The lowest BCUT2D eigenvalue weighted by Gasteiger charge is -2.12. The summed E-state index contributed by atoms with van der Waals surface area (Å²) >= 11 is 8.02. The van der Waals surface area contributed by atoms with E-state index in [0.717, 1.165) is 3.57 Å². The van der Waals surface area contributed by atoms with Crippen molar-refractivity contribution in [1.29, 1.82) is 0 Å². The number of anilines is 1. The summed E-state index contributed by atoms with van der Waals surface area (Å²) < 4.78 is 0.809. The van der Waals surface area contributed by atoms with Crippen molar-refractivity contribution < 1.29 is 9.59 Å². The number of carbonyl (C=O) groups is 2. The van der Waals surface area contributed by atoms with E-state index in [1.165, 1.54) is 4.90 Å². The molecule has 0 atom stereocenters. The van der Waals surface area contributed by atoms with E-state index in [1.807, 2.05) is 0 Å². The zero-order chi connectivity index (χ0) is 16.3. The Morgan fingerprint density at radius 2 is 1.82 bits per heavy atom. The zero-order valence-electron chi connectivity index (χ0n) is 12.1. The molecule has 0 fully saturated rings. The molecule has 0 spiro atoms. The van der Waals surface area contributed by atoms with Gasteiger partial charge in [0.15, 0.2) is 0 Å². The number of halogens is 2. The molecule has 0 radical (unpaired) electrons. The normalized spacial score (nSPS) is 10.2. The third kappa shape index (κ3) is 3.98. The number of benzene rings is 2. The molecule has 2 aromatic carbocycles. The van der Waals surface area contributed by atoms with Crippen molar-refractivity contribution in [3.05, 3.63) is 62.2 Å². The second kappa shape index (κ2) is 7.11. The van der Waals surface area contributed by atoms with Gasteiger partial charge in [0, 0.05) is 34.5 Å². The highest BCUT2D eigenvalue weighted by atomic mass is 127. The predicted molar refractivity (Wildman–Crippen MR) is 96.6 cm³/mol. The quantitative estimate of drug-likeness (QED) is 0.754. The van der Waals surface area contributed by atoms with Crippen molar-refractivity contribution >= 4 is 51.7 Å². The first-order valence-corrected chi connectivity index (χ1v) is 7.92. The van der Waals surface area contributed by atoms with Crippen LogP contribution in [0.25, 0.3) is 0 Å². The van der Waals surface area contributed by atoms with Crippen LogP contribution >= 0.6 is 34.2 Å². The summed E-state index contributed by atoms with van der Waals surface area (Å²) in [7, 11) is 3.37. The summed E-state index contributed by atoms with van der Waals surface area (Å²) in [5.41, 5.74) is 1.61. The van der Waals surface area contributed by atoms with E-state index < -0.39 is 0 Å². The van der Waals surface area contributed by atoms with Gasteiger partial charge in [-0.2, -0.15) is 0 Å². The SMILES string of the molecule is CN(C)C(=O)c1cccc(NC(=O)c2ccc(Cl)c(I)c2)c1. The van der Waals surface area contributed by atoms with Crippen molar-refractivity contribution in [2.45, 2.75) is 0 Å². The summed E-state index contributed by atoms with van der Waals surface area (Å²) in [6.45, 7) is 0. The minimum atomic E-state index is -0.246. The standard InChI is InChI=1S/C16H14ClIN2O2/c1-20(2)16(22)11-4-3-5-12(8-11)19-15(21)10-6-7-13(17)14(18)9-10/h3-9H,1-2H3,(H,19,21). The lowest BCUT2D eigenvalue weighted by Crippen LogP contribution is -2.22. The van der Waals surface area contributed by atoms with Crippen LogP contribution in [0, 0.1) is 3.57 Å². The summed E-state index contributed by atoms with van der Waals surface area (Å²) in [4.78, 5) is 25.7. The topological polar surface area (TPSA) is 49.4 Å². The van der Waals surface area contributed by atoms with Crippen LogP contribution in [0.3, 0.4) is 0 Å². The third-order valence-corrected chi connectivity index (χ3v) is 4.50. The van der Waals surface area contributed by atoms with Crippen molar-refractivity contribution in [3.63, 3.8) is 0 Å². The number of rotatable bonds is 3. The van der Waals surface area contributed by atoms with E-state index in [9.17, 15) is 9.59 Å². The summed E-state index contributed by atoms with van der Waals surface area (Å²) in [6.07, 6.45) is 0. The van der Waals surface area contributed by atoms with Crippen molar-refractivity contribution in [3.8, 4) is 0 Å². The van der Waals surface area contributed by atoms with Gasteiger partial charge in [-0.3, -0.25) is 9.59 Å². The molecule has 6 heteroatoms. The molecule has 1 N–H and O–H groups in total. The molecule has 0 aliphatic carbocycles. The molecule has 0 aliphatic heterocycles. The second-order valence-corrected chi connectivity index (χ2v) is 6.43. The maximum atomic E-state index is 12.2. The Bertz CT molecular complexity index is 732. The highest BCUT2D eigenvalue weighted by Crippen LogP contribution is 2.20. The maximum absolute atomic E-state index is 12.2. The molecule has 4 nitrogen and oxygen atoms in total. The number of amides is 2. The largest absolute Gasteiger partial charge is 0.345 e. The summed E-state index contributed by atoms with van der Waals surface area (Å²) in [5, 5.41) is 3.39. The Morgan fingerprint density at radius 1 is 1.09 bits per heavy atom. The zero-order valence-corrected chi connectivity index (χ0v) is 15.0. The third-order valence-electron chi connectivity index (χ3n) is 2.96. The average molecular weight is 429 g/mol. The van der Waals surface area contributed by atoms with E-state index in [0.29, 0.717) is 21.8 Å². The molecule has 2 aromatic rings. The molecule has 0 aromatic heterocycles. The molecule has 114 valence electrons. The molecule has 0 saturated heterocycles. The van der Waals surface area contributed by atoms with Gasteiger partial charge in [-0.1, -0.05) is 17.7 Å². The molecule has 0 heterocycles. The molecule has 2 rings (SSSR count). The lowest BCUT2D eigenvalue weighted by atomic mass is 10.1. The van der Waals surface area contributed by atoms with Crippen LogP contribution in [-0.4, -0.2) is 30.8 Å². The van der Waals surface area contributed by atoms with Crippen molar-refractivity contribution in [2.24, 2.45) is 0 Å². The molecule has 0 unspecified atom stereocenters. The van der Waals surface area contributed by atoms with E-state index in [-0.39, 0.29) is 11.8 Å². The molecule has 0 saturated carbocycles. The van der Waals surface area contributed by atoms with Gasteiger partial charge >= 0.3 is 0 Å². The molecule has 22 heavy (non-hydrogen) atoms. The molecule has 2 amide bonds. The molecular formula is C16H14ClIN2O2. The number of nitrogens with zero attached hydrogens (tertiary/aromatic N) is 1. The van der Waals surface area contributed by atoms with Gasteiger partial charge in [0.2, 0.25) is 0 Å². The predicted octanol–water partition coefficient (Wildman–Crippen LogP) is 3.90. The van der Waals surface area contributed by atoms with Crippen molar-refractivity contribution in [2.75, 3.05) is 19.4 Å². The molecule has 0 aliphatic rings. The van der Waals surface area contributed by atoms with Crippen LogP contribution in [0.5, 0.6) is 0 Å². The fourth-order valence-corrected chi connectivity index (χ4v) is 2.46. The minimum absolute atomic E-state index is 0.114. The van der Waals surface area contributed by atoms with Gasteiger partial charge in [-0.25, -0.2) is 0 Å². The molecular weight excluding hydrogens is 415 g/mol. The van der Waals surface area contributed by atoms with Crippen LogP contribution in [0.2, 0.25) is 5.02 Å². The summed E-state index contributed by atoms with van der Waals surface area (Å²) in [5.74, 6) is -0.360. The molecule has 0 bridgehead atoms. The van der Waals surface area contributed by atoms with Crippen LogP contribution in [0.4, 0.5) is 5.69 Å². The number of carbonyl (C=O) groups excluding carboxylic acids is 2. The Balaban J connectivity index is 2.19. The van der Waals surface area contributed by atoms with Gasteiger partial charge in [0.05, 0.1) is 5.02 Å². The average Bonchev–Trinajstić information content (AvgIpc) is 2.49. The highest BCUT2D eigenvalue weighted by Gasteiger charge is 2.11. The van der Waals surface area contributed by atoms with Gasteiger partial charge in [0.1, 0.15) is 0 Å².